The molecule has 0 aliphatic carbocycles. The third kappa shape index (κ3) is 4.58. The molecule has 24 heavy (non-hydrogen) atoms. The molecule has 1 aromatic carbocycles. The number of nitrogens with one attached hydrogen (secondary N) is 1. The number of benzene rings is 1. The molecule has 0 saturated carbocycles. The van der Waals surface area contributed by atoms with Crippen molar-refractivity contribution in [1.29, 1.82) is 0 Å². The van der Waals surface area contributed by atoms with Crippen LogP contribution >= 0.6 is 11.6 Å². The van der Waals surface area contributed by atoms with Crippen molar-refractivity contribution in [2.45, 2.75) is 39.7 Å². The maximum absolute atomic E-state index is 12.2. The number of hydrogen-bond acceptors (Lipinski definition) is 5. The van der Waals surface area contributed by atoms with E-state index >= 15 is 0 Å². The summed E-state index contributed by atoms with van der Waals surface area (Å²) in [5.74, 6) is -0.315. The van der Waals surface area contributed by atoms with Crippen LogP contribution in [-0.2, 0) is 11.2 Å². The number of halogens is 1. The molecule has 0 bridgehead atoms. The van der Waals surface area contributed by atoms with Crippen LogP contribution < -0.4 is 5.32 Å². The zero-order valence-corrected chi connectivity index (χ0v) is 14.5. The highest BCUT2D eigenvalue weighted by Crippen LogP contribution is 2.22. The van der Waals surface area contributed by atoms with Gasteiger partial charge >= 0.3 is 5.97 Å². The first-order valence-corrected chi connectivity index (χ1v) is 8.06. The molecule has 0 unspecified atom stereocenters. The second-order valence-electron chi connectivity index (χ2n) is 5.53. The van der Waals surface area contributed by atoms with E-state index in [-0.39, 0.29) is 22.4 Å². The summed E-state index contributed by atoms with van der Waals surface area (Å²) in [5.41, 5.74) is 0.787. The minimum Gasteiger partial charge on any atom is -0.459 e. The molecular weight excluding hydrogens is 332 g/mol. The summed E-state index contributed by atoms with van der Waals surface area (Å²) in [6.07, 6.45) is 1.35. The van der Waals surface area contributed by atoms with Gasteiger partial charge in [0.25, 0.3) is 5.91 Å². The first kappa shape index (κ1) is 18.0. The van der Waals surface area contributed by atoms with Crippen molar-refractivity contribution in [3.63, 3.8) is 0 Å². The van der Waals surface area contributed by atoms with Crippen LogP contribution in [0.25, 0.3) is 0 Å². The zero-order valence-electron chi connectivity index (χ0n) is 13.8. The molecule has 0 aliphatic rings. The van der Waals surface area contributed by atoms with Crippen LogP contribution in [-0.4, -0.2) is 23.1 Å². The zero-order chi connectivity index (χ0) is 17.7. The molecule has 7 heteroatoms. The summed E-state index contributed by atoms with van der Waals surface area (Å²) < 4.78 is 10.2. The van der Waals surface area contributed by atoms with Gasteiger partial charge in [-0.2, -0.15) is 0 Å². The van der Waals surface area contributed by atoms with Crippen LogP contribution in [0.4, 0.5) is 5.69 Å². The average molecular weight is 351 g/mol. The van der Waals surface area contributed by atoms with Crippen molar-refractivity contribution in [2.24, 2.45) is 0 Å². The highest BCUT2D eigenvalue weighted by atomic mass is 35.5. The van der Waals surface area contributed by atoms with Crippen molar-refractivity contribution in [3.8, 4) is 0 Å². The molecule has 128 valence electrons. The Morgan fingerprint density at radius 3 is 2.75 bits per heavy atom. The summed E-state index contributed by atoms with van der Waals surface area (Å²) in [5, 5.41) is 6.66. The number of rotatable bonds is 6. The molecule has 1 aromatic heterocycles. The van der Waals surface area contributed by atoms with Gasteiger partial charge in [0.05, 0.1) is 16.7 Å². The average Bonchev–Trinajstić information content (AvgIpc) is 2.97. The largest absolute Gasteiger partial charge is 0.459 e. The predicted octanol–water partition coefficient (Wildman–Crippen LogP) is 4.10. The first-order chi connectivity index (χ1) is 11.4. The van der Waals surface area contributed by atoms with Crippen LogP contribution in [0.3, 0.4) is 0 Å². The number of aromatic nitrogens is 1. The summed E-state index contributed by atoms with van der Waals surface area (Å²) in [6.45, 7) is 5.50. The maximum atomic E-state index is 12.2. The molecule has 0 atom stereocenters. The van der Waals surface area contributed by atoms with Gasteiger partial charge in [0.1, 0.15) is 5.76 Å². The second-order valence-corrected chi connectivity index (χ2v) is 5.94. The quantitative estimate of drug-likeness (QED) is 0.793. The minimum absolute atomic E-state index is 0.180. The summed E-state index contributed by atoms with van der Waals surface area (Å²) >= 11 is 6.03. The van der Waals surface area contributed by atoms with Crippen molar-refractivity contribution < 1.29 is 18.8 Å². The Labute approximate surface area is 145 Å². The molecule has 0 radical (unpaired) electrons. The Morgan fingerprint density at radius 1 is 1.33 bits per heavy atom. The van der Waals surface area contributed by atoms with Gasteiger partial charge in [-0.3, -0.25) is 4.79 Å². The number of nitrogens with zero attached hydrogens (tertiary/aromatic N) is 1. The molecule has 0 fully saturated rings. The monoisotopic (exact) mass is 350 g/mol. The molecule has 0 saturated heterocycles. The first-order valence-electron chi connectivity index (χ1n) is 7.68. The Hall–Kier alpha value is -2.34. The number of ether oxygens (including phenoxy) is 1. The number of carbonyl (C=O) groups excluding carboxylic acids is 2. The van der Waals surface area contributed by atoms with Crippen LogP contribution in [0.1, 0.15) is 53.8 Å². The van der Waals surface area contributed by atoms with Gasteiger partial charge in [0.15, 0.2) is 5.69 Å². The van der Waals surface area contributed by atoms with E-state index in [2.05, 4.69) is 10.5 Å². The highest BCUT2D eigenvalue weighted by Gasteiger charge is 2.17. The van der Waals surface area contributed by atoms with Gasteiger partial charge in [0, 0.05) is 18.2 Å². The molecule has 1 amide bonds. The molecule has 1 heterocycles. The van der Waals surface area contributed by atoms with Gasteiger partial charge in [-0.15, -0.1) is 0 Å². The smallest absolute Gasteiger partial charge is 0.339 e. The Kier molecular flexibility index (Phi) is 5.98. The van der Waals surface area contributed by atoms with Gasteiger partial charge < -0.3 is 14.6 Å². The van der Waals surface area contributed by atoms with E-state index in [0.29, 0.717) is 17.9 Å². The fourth-order valence-corrected chi connectivity index (χ4v) is 2.21. The predicted molar refractivity (Wildman–Crippen MR) is 90.5 cm³/mol. The topological polar surface area (TPSA) is 81.4 Å². The van der Waals surface area contributed by atoms with Crippen molar-refractivity contribution in [1.82, 2.24) is 5.16 Å². The van der Waals surface area contributed by atoms with Crippen LogP contribution in [0.5, 0.6) is 0 Å². The second kappa shape index (κ2) is 7.97. The van der Waals surface area contributed by atoms with E-state index in [1.54, 1.807) is 26.0 Å². The third-order valence-electron chi connectivity index (χ3n) is 3.07. The molecule has 2 rings (SSSR count). The third-order valence-corrected chi connectivity index (χ3v) is 3.40. The number of anilines is 1. The van der Waals surface area contributed by atoms with E-state index in [9.17, 15) is 9.59 Å². The van der Waals surface area contributed by atoms with E-state index in [1.807, 2.05) is 6.92 Å². The van der Waals surface area contributed by atoms with Crippen molar-refractivity contribution in [2.75, 3.05) is 5.32 Å². The molecule has 0 spiro atoms. The summed E-state index contributed by atoms with van der Waals surface area (Å²) in [4.78, 5) is 24.2. The number of aryl methyl sites for hydroxylation is 1. The number of amides is 1. The van der Waals surface area contributed by atoms with Crippen molar-refractivity contribution in [3.05, 3.63) is 46.3 Å². The number of hydrogen-bond donors (Lipinski definition) is 1. The van der Waals surface area contributed by atoms with Gasteiger partial charge in [-0.25, -0.2) is 4.79 Å². The lowest BCUT2D eigenvalue weighted by atomic mass is 10.2. The van der Waals surface area contributed by atoms with E-state index in [4.69, 9.17) is 20.9 Å². The van der Waals surface area contributed by atoms with Gasteiger partial charge in [-0.05, 0) is 38.5 Å². The number of esters is 1. The molecule has 6 nitrogen and oxygen atoms in total. The standard InChI is InChI=1S/C17H19ClN2O4/c1-4-5-12-9-15(20-24-12)16(21)19-11-6-7-14(18)13(8-11)17(22)23-10(2)3/h6-10H,4-5H2,1-3H3,(H,19,21). The maximum Gasteiger partial charge on any atom is 0.339 e. The normalized spacial score (nSPS) is 10.7. The lowest BCUT2D eigenvalue weighted by molar-refractivity contribution is 0.0378. The fourth-order valence-electron chi connectivity index (χ4n) is 2.02. The SMILES string of the molecule is CCCc1cc(C(=O)Nc2ccc(Cl)c(C(=O)OC(C)C)c2)no1. The van der Waals surface area contributed by atoms with Crippen molar-refractivity contribution >= 4 is 29.2 Å². The lowest BCUT2D eigenvalue weighted by Gasteiger charge is -2.10. The molecule has 2 aromatic rings. The van der Waals surface area contributed by atoms with E-state index < -0.39 is 11.9 Å². The lowest BCUT2D eigenvalue weighted by Crippen LogP contribution is -2.15. The fraction of sp³-hybridized carbons (Fsp3) is 0.353. The molecule has 1 N–H and O–H groups in total. The van der Waals surface area contributed by atoms with Crippen LogP contribution in [0.2, 0.25) is 5.02 Å². The molecular formula is C17H19ClN2O4. The molecule has 0 aliphatic heterocycles. The Balaban J connectivity index is 2.14. The van der Waals surface area contributed by atoms with Crippen LogP contribution in [0.15, 0.2) is 28.8 Å². The Bertz CT molecular complexity index is 740. The van der Waals surface area contributed by atoms with Crippen LogP contribution in [0, 0.1) is 0 Å². The highest BCUT2D eigenvalue weighted by molar-refractivity contribution is 6.33. The number of carbonyl (C=O) groups is 2. The van der Waals surface area contributed by atoms with Gasteiger partial charge in [0.2, 0.25) is 0 Å². The van der Waals surface area contributed by atoms with E-state index in [1.165, 1.54) is 12.1 Å². The Morgan fingerprint density at radius 2 is 2.08 bits per heavy atom. The summed E-state index contributed by atoms with van der Waals surface area (Å²) in [6, 6.07) is 6.19. The minimum atomic E-state index is -0.544. The van der Waals surface area contributed by atoms with E-state index in [0.717, 1.165) is 6.42 Å². The summed E-state index contributed by atoms with van der Waals surface area (Å²) in [7, 11) is 0. The van der Waals surface area contributed by atoms with Gasteiger partial charge in [-0.1, -0.05) is 23.7 Å².